The van der Waals surface area contributed by atoms with Gasteiger partial charge in [0.25, 0.3) is 0 Å². The summed E-state index contributed by atoms with van der Waals surface area (Å²) in [6, 6.07) is 16.4. The summed E-state index contributed by atoms with van der Waals surface area (Å²) in [5.74, 6) is 0.495. The molecular weight excluding hydrogens is 362 g/mol. The second-order valence-corrected chi connectivity index (χ2v) is 6.91. The summed E-state index contributed by atoms with van der Waals surface area (Å²) < 4.78 is 7.17. The minimum absolute atomic E-state index is 0.190. The quantitative estimate of drug-likeness (QED) is 0.661. The Hall–Kier alpha value is -3.31. The number of thioether (sulfide) groups is 1. The fourth-order valence-corrected chi connectivity index (χ4v) is 3.26. The topological polar surface area (TPSA) is 92.8 Å². The second kappa shape index (κ2) is 8.38. The molecule has 2 aromatic carbocycles. The monoisotopic (exact) mass is 379 g/mol. The summed E-state index contributed by atoms with van der Waals surface area (Å²) >= 11 is 1.28. The molecule has 0 bridgehead atoms. The summed E-state index contributed by atoms with van der Waals surface area (Å²) in [7, 11) is 1.60. The predicted octanol–water partition coefficient (Wildman–Crippen LogP) is 3.27. The van der Waals surface area contributed by atoms with E-state index in [1.807, 2.05) is 24.3 Å². The first kappa shape index (κ1) is 18.5. The maximum absolute atomic E-state index is 12.5. The Morgan fingerprint density at radius 3 is 2.89 bits per heavy atom. The number of anilines is 1. The van der Waals surface area contributed by atoms with Crippen LogP contribution in [0.25, 0.3) is 5.69 Å². The minimum Gasteiger partial charge on any atom is -0.495 e. The maximum Gasteiger partial charge on any atom is 0.237 e. The zero-order chi connectivity index (χ0) is 19.2. The second-order valence-electron chi connectivity index (χ2n) is 5.60. The van der Waals surface area contributed by atoms with Crippen LogP contribution in [0, 0.1) is 11.3 Å². The van der Waals surface area contributed by atoms with Crippen molar-refractivity contribution >= 4 is 23.4 Å². The van der Waals surface area contributed by atoms with E-state index in [1.54, 1.807) is 49.2 Å². The Bertz CT molecular complexity index is 996. The summed E-state index contributed by atoms with van der Waals surface area (Å²) in [4.78, 5) is 12.5. The molecule has 1 heterocycles. The van der Waals surface area contributed by atoms with Gasteiger partial charge in [-0.1, -0.05) is 30.0 Å². The van der Waals surface area contributed by atoms with Crippen LogP contribution in [-0.4, -0.2) is 33.0 Å². The van der Waals surface area contributed by atoms with Crippen molar-refractivity contribution in [3.05, 3.63) is 60.4 Å². The molecule has 0 fully saturated rings. The number of benzene rings is 2. The zero-order valence-corrected chi connectivity index (χ0v) is 15.6. The van der Waals surface area contributed by atoms with Gasteiger partial charge in [0.15, 0.2) is 5.16 Å². The summed E-state index contributed by atoms with van der Waals surface area (Å²) in [6.45, 7) is 1.79. The number of nitrogens with one attached hydrogen (secondary N) is 1. The Balaban J connectivity index is 1.75. The van der Waals surface area contributed by atoms with Crippen LogP contribution in [0.5, 0.6) is 5.75 Å². The third kappa shape index (κ3) is 4.27. The van der Waals surface area contributed by atoms with Crippen molar-refractivity contribution < 1.29 is 9.53 Å². The van der Waals surface area contributed by atoms with Gasteiger partial charge in [-0.3, -0.25) is 9.36 Å². The number of carbonyl (C=O) groups is 1. The van der Waals surface area contributed by atoms with Gasteiger partial charge in [0, 0.05) is 5.69 Å². The number of methoxy groups -OCH3 is 1. The zero-order valence-electron chi connectivity index (χ0n) is 14.8. The lowest BCUT2D eigenvalue weighted by atomic mass is 10.2. The number of hydrogen-bond donors (Lipinski definition) is 1. The molecule has 3 rings (SSSR count). The van der Waals surface area contributed by atoms with Gasteiger partial charge in [0.05, 0.1) is 29.7 Å². The molecule has 0 unspecified atom stereocenters. The van der Waals surface area contributed by atoms with Crippen LogP contribution in [0.3, 0.4) is 0 Å². The van der Waals surface area contributed by atoms with Crippen LogP contribution in [-0.2, 0) is 4.79 Å². The van der Waals surface area contributed by atoms with Gasteiger partial charge >= 0.3 is 0 Å². The van der Waals surface area contributed by atoms with Crippen molar-refractivity contribution in [2.24, 2.45) is 0 Å². The molecule has 0 spiro atoms. The summed E-state index contributed by atoms with van der Waals surface area (Å²) in [6.07, 6.45) is 1.58. The van der Waals surface area contributed by atoms with E-state index >= 15 is 0 Å². The van der Waals surface area contributed by atoms with Gasteiger partial charge in [-0.2, -0.15) is 5.26 Å². The predicted molar refractivity (Wildman–Crippen MR) is 103 cm³/mol. The van der Waals surface area contributed by atoms with Gasteiger partial charge in [-0.25, -0.2) is 0 Å². The number of hydrogen-bond acceptors (Lipinski definition) is 6. The SMILES string of the molecule is COc1ccccc1-n1cnnc1S[C@@H](C)C(=O)Nc1cccc(C#N)c1. The average molecular weight is 379 g/mol. The van der Waals surface area contributed by atoms with E-state index in [0.29, 0.717) is 22.2 Å². The fraction of sp³-hybridized carbons (Fsp3) is 0.158. The van der Waals surface area contributed by atoms with Crippen LogP contribution in [0.15, 0.2) is 60.0 Å². The fourth-order valence-electron chi connectivity index (χ4n) is 2.42. The normalized spacial score (nSPS) is 11.4. The van der Waals surface area contributed by atoms with Gasteiger partial charge in [0.1, 0.15) is 12.1 Å². The Morgan fingerprint density at radius 2 is 2.11 bits per heavy atom. The molecule has 3 aromatic rings. The van der Waals surface area contributed by atoms with Gasteiger partial charge in [-0.05, 0) is 37.3 Å². The molecule has 1 aromatic heterocycles. The number of amides is 1. The number of carbonyl (C=O) groups excluding carboxylic acids is 1. The molecule has 0 saturated carbocycles. The van der Waals surface area contributed by atoms with Gasteiger partial charge in [-0.15, -0.1) is 10.2 Å². The highest BCUT2D eigenvalue weighted by Gasteiger charge is 2.19. The summed E-state index contributed by atoms with van der Waals surface area (Å²) in [5, 5.41) is 20.0. The van der Waals surface area contributed by atoms with Crippen LogP contribution in [0.2, 0.25) is 0 Å². The molecule has 8 heteroatoms. The smallest absolute Gasteiger partial charge is 0.237 e. The highest BCUT2D eigenvalue weighted by atomic mass is 32.2. The third-order valence-corrected chi connectivity index (χ3v) is 4.83. The molecule has 136 valence electrons. The maximum atomic E-state index is 12.5. The molecule has 1 amide bonds. The Morgan fingerprint density at radius 1 is 1.30 bits per heavy atom. The van der Waals surface area contributed by atoms with Crippen LogP contribution < -0.4 is 10.1 Å². The highest BCUT2D eigenvalue weighted by Crippen LogP contribution is 2.29. The summed E-state index contributed by atoms with van der Waals surface area (Å²) in [5.41, 5.74) is 1.86. The van der Waals surface area contributed by atoms with E-state index in [0.717, 1.165) is 5.69 Å². The van der Waals surface area contributed by atoms with E-state index in [2.05, 4.69) is 21.6 Å². The lowest BCUT2D eigenvalue weighted by Crippen LogP contribution is -2.22. The van der Waals surface area contributed by atoms with Crippen molar-refractivity contribution in [2.45, 2.75) is 17.3 Å². The third-order valence-electron chi connectivity index (χ3n) is 3.77. The number of ether oxygens (including phenoxy) is 1. The first-order valence-corrected chi connectivity index (χ1v) is 9.01. The Labute approximate surface area is 161 Å². The van der Waals surface area contributed by atoms with E-state index in [9.17, 15) is 4.79 Å². The molecular formula is C19H17N5O2S. The van der Waals surface area contributed by atoms with E-state index in [1.165, 1.54) is 11.8 Å². The molecule has 7 nitrogen and oxygen atoms in total. The molecule has 0 aliphatic rings. The molecule has 1 N–H and O–H groups in total. The van der Waals surface area contributed by atoms with Gasteiger partial charge < -0.3 is 10.1 Å². The molecule has 0 radical (unpaired) electrons. The van der Waals surface area contributed by atoms with Crippen molar-refractivity contribution in [3.63, 3.8) is 0 Å². The highest BCUT2D eigenvalue weighted by molar-refractivity contribution is 8.00. The lowest BCUT2D eigenvalue weighted by Gasteiger charge is -2.14. The average Bonchev–Trinajstić information content (AvgIpc) is 3.15. The number of nitriles is 1. The van der Waals surface area contributed by atoms with E-state index in [4.69, 9.17) is 10.00 Å². The lowest BCUT2D eigenvalue weighted by molar-refractivity contribution is -0.115. The minimum atomic E-state index is -0.423. The molecule has 0 saturated heterocycles. The van der Waals surface area contributed by atoms with E-state index in [-0.39, 0.29) is 5.91 Å². The number of rotatable bonds is 6. The number of aromatic nitrogens is 3. The number of para-hydroxylation sites is 2. The molecule has 1 atom stereocenters. The van der Waals surface area contributed by atoms with Crippen LogP contribution in [0.4, 0.5) is 5.69 Å². The van der Waals surface area contributed by atoms with Crippen molar-refractivity contribution in [1.82, 2.24) is 14.8 Å². The van der Waals surface area contributed by atoms with Crippen LogP contribution in [0.1, 0.15) is 12.5 Å². The first-order chi connectivity index (χ1) is 13.1. The molecule has 0 aliphatic heterocycles. The van der Waals surface area contributed by atoms with Crippen molar-refractivity contribution in [3.8, 4) is 17.5 Å². The standard InChI is InChI=1S/C19H17N5O2S/c1-13(18(25)22-15-7-5-6-14(10-15)11-20)27-19-23-21-12-24(19)16-8-3-4-9-17(16)26-2/h3-10,12-13H,1-2H3,(H,22,25)/t13-/m0/s1. The molecule has 27 heavy (non-hydrogen) atoms. The number of nitrogens with zero attached hydrogens (tertiary/aromatic N) is 4. The first-order valence-electron chi connectivity index (χ1n) is 8.13. The van der Waals surface area contributed by atoms with Gasteiger partial charge in [0.2, 0.25) is 5.91 Å². The van der Waals surface area contributed by atoms with E-state index < -0.39 is 5.25 Å². The van der Waals surface area contributed by atoms with Crippen molar-refractivity contribution in [2.75, 3.05) is 12.4 Å². The van der Waals surface area contributed by atoms with Crippen molar-refractivity contribution in [1.29, 1.82) is 5.26 Å². The largest absolute Gasteiger partial charge is 0.495 e. The Kier molecular flexibility index (Phi) is 5.74. The molecule has 0 aliphatic carbocycles. The van der Waals surface area contributed by atoms with Crippen LogP contribution >= 0.6 is 11.8 Å².